The number of aliphatic hydroxyl groups is 1. The van der Waals surface area contributed by atoms with Gasteiger partial charge >= 0.3 is 18.0 Å². The molecule has 0 saturated carbocycles. The van der Waals surface area contributed by atoms with Gasteiger partial charge in [0.15, 0.2) is 12.4 Å². The van der Waals surface area contributed by atoms with E-state index in [-0.39, 0.29) is 67.2 Å². The number of carbonyl (C=O) groups excluding carboxylic acids is 10. The topological polar surface area (TPSA) is 406 Å². The van der Waals surface area contributed by atoms with Crippen LogP contribution in [0.15, 0.2) is 54.6 Å². The highest BCUT2D eigenvalue weighted by atomic mass is 16.7. The second kappa shape index (κ2) is 41.8. The van der Waals surface area contributed by atoms with Crippen molar-refractivity contribution in [2.45, 2.75) is 215 Å². The molecule has 0 bridgehead atoms. The number of aliphatic carboxylic acids is 2. The van der Waals surface area contributed by atoms with Crippen molar-refractivity contribution in [3.63, 3.8) is 0 Å². The number of nitrogens with one attached hydrogen (secondary N) is 7. The predicted molar refractivity (Wildman–Crippen MR) is 379 cm³/mol. The van der Waals surface area contributed by atoms with Crippen molar-refractivity contribution in [2.24, 2.45) is 47.3 Å². The van der Waals surface area contributed by atoms with Gasteiger partial charge in [-0.25, -0.2) is 9.59 Å². The Morgan fingerprint density at radius 2 is 1.34 bits per heavy atom. The number of benzene rings is 2. The molecule has 10 N–H and O–H groups in total. The molecule has 3 unspecified atom stereocenters. The van der Waals surface area contributed by atoms with E-state index in [2.05, 4.69) is 37.2 Å². The number of nitrogens with zero attached hydrogens (tertiary/aromatic N) is 3. The molecular formula is C73H114N10O20. The zero-order chi connectivity index (χ0) is 78.1. The zero-order valence-electron chi connectivity index (χ0n) is 63.7. The highest BCUT2D eigenvalue weighted by Crippen LogP contribution is 2.39. The summed E-state index contributed by atoms with van der Waals surface area (Å²) in [7, 11) is 6.01. The summed E-state index contributed by atoms with van der Waals surface area (Å²) in [5.41, 5.74) is 1.47. The van der Waals surface area contributed by atoms with Gasteiger partial charge in [-0.2, -0.15) is 0 Å². The van der Waals surface area contributed by atoms with Crippen LogP contribution in [0.25, 0.3) is 0 Å². The molecule has 576 valence electrons. The fraction of sp³-hybridized carbons (Fsp3) is 0.671. The Morgan fingerprint density at radius 1 is 0.699 bits per heavy atom. The summed E-state index contributed by atoms with van der Waals surface area (Å²) in [6.45, 7) is 22.1. The van der Waals surface area contributed by atoms with E-state index in [9.17, 15) is 67.7 Å². The van der Waals surface area contributed by atoms with Crippen LogP contribution in [0.1, 0.15) is 154 Å². The van der Waals surface area contributed by atoms with E-state index >= 15 is 0 Å². The average molecular weight is 1450 g/mol. The second-order valence-electron chi connectivity index (χ2n) is 28.1. The van der Waals surface area contributed by atoms with Gasteiger partial charge < -0.3 is 86.0 Å². The minimum Gasteiger partial charge on any atom is -0.481 e. The summed E-state index contributed by atoms with van der Waals surface area (Å²) >= 11 is 0. The normalized spacial score (nSPS) is 21.1. The third kappa shape index (κ3) is 25.2. The summed E-state index contributed by atoms with van der Waals surface area (Å²) < 4.78 is 38.1. The van der Waals surface area contributed by atoms with Gasteiger partial charge in [0.25, 0.3) is 0 Å². The van der Waals surface area contributed by atoms with Crippen molar-refractivity contribution in [3.05, 3.63) is 65.7 Å². The predicted octanol–water partition coefficient (Wildman–Crippen LogP) is 4.36. The third-order valence-corrected chi connectivity index (χ3v) is 19.6. The molecule has 30 nitrogen and oxygen atoms in total. The SMILES string of the molecule is [3H]C(CC(=O)O)C(=O)NCC(=O)NCCC(=O)N[C@H](C(=O)NC(CO)C(=O)Nc1ccc(COC(=O)N(C)[C@H](C(=O)NC(C(=O)N(C)[C@@H]([C@@H](C)CC)[C@@H](CC(=O)N2CCC[C@H]2[C@H](OC)[C@@H](C)C(=O)N[C@H](C)[C@@H](O[C@@H]2O[C@H](C(=O)O)[C@@H](C)[C@H](C)[C@H]2C)c2ccccc2)OC)C(C)C)C(C)C)cc1)C(C)C. The van der Waals surface area contributed by atoms with E-state index in [0.29, 0.717) is 31.4 Å². The van der Waals surface area contributed by atoms with Crippen molar-refractivity contribution in [3.8, 4) is 0 Å². The first-order valence-corrected chi connectivity index (χ1v) is 35.4. The van der Waals surface area contributed by atoms with E-state index in [4.69, 9.17) is 30.2 Å². The number of carboxylic acid groups (broad SMARTS) is 2. The molecule has 2 fully saturated rings. The van der Waals surface area contributed by atoms with Gasteiger partial charge in [0, 0.05) is 67.2 Å². The number of rotatable bonds is 40. The van der Waals surface area contributed by atoms with Gasteiger partial charge in [0.2, 0.25) is 53.2 Å². The highest BCUT2D eigenvalue weighted by Gasteiger charge is 2.47. The fourth-order valence-electron chi connectivity index (χ4n) is 13.0. The monoisotopic (exact) mass is 1450 g/mol. The Hall–Kier alpha value is -8.32. The summed E-state index contributed by atoms with van der Waals surface area (Å²) in [5.74, 6) is -11.0. The molecule has 0 aromatic heterocycles. The third-order valence-electron chi connectivity index (χ3n) is 19.6. The van der Waals surface area contributed by atoms with E-state index in [1.165, 1.54) is 38.3 Å². The molecule has 2 aliphatic heterocycles. The van der Waals surface area contributed by atoms with Crippen LogP contribution in [0.5, 0.6) is 0 Å². The van der Waals surface area contributed by atoms with Crippen LogP contribution in [0.4, 0.5) is 10.5 Å². The number of ether oxygens (including phenoxy) is 5. The minimum atomic E-state index is -1.62. The van der Waals surface area contributed by atoms with E-state index < -0.39 is 182 Å². The summed E-state index contributed by atoms with van der Waals surface area (Å²) in [4.78, 5) is 163. The van der Waals surface area contributed by atoms with Gasteiger partial charge in [0.05, 0.1) is 62.2 Å². The molecule has 2 saturated heterocycles. The summed E-state index contributed by atoms with van der Waals surface area (Å²) in [5, 5.41) is 47.1. The number of anilines is 1. The number of hydrogen-bond acceptors (Lipinski definition) is 18. The lowest BCUT2D eigenvalue weighted by molar-refractivity contribution is -0.267. The molecule has 103 heavy (non-hydrogen) atoms. The Bertz CT molecular complexity index is 3200. The minimum absolute atomic E-state index is 0.0461. The quantitative estimate of drug-likeness (QED) is 0.0443. The number of carbonyl (C=O) groups is 12. The number of amides is 10. The number of aliphatic hydroxyl groups excluding tert-OH is 1. The maximum atomic E-state index is 14.9. The Kier molecular flexibility index (Phi) is 34.7. The van der Waals surface area contributed by atoms with Crippen LogP contribution in [-0.4, -0.2) is 223 Å². The molecule has 10 amide bonds. The molecule has 4 rings (SSSR count). The molecule has 2 aliphatic rings. The van der Waals surface area contributed by atoms with Crippen LogP contribution >= 0.6 is 0 Å². The molecule has 0 radical (unpaired) electrons. The first-order chi connectivity index (χ1) is 48.9. The summed E-state index contributed by atoms with van der Waals surface area (Å²) in [6.07, 6.45) is -6.14. The summed E-state index contributed by atoms with van der Waals surface area (Å²) in [6, 6.07) is 8.74. The lowest BCUT2D eigenvalue weighted by Crippen LogP contribution is -2.60. The van der Waals surface area contributed by atoms with Gasteiger partial charge in [-0.1, -0.05) is 132 Å². The van der Waals surface area contributed by atoms with Crippen molar-refractivity contribution in [1.82, 2.24) is 46.6 Å². The first-order valence-electron chi connectivity index (χ1n) is 36.0. The largest absolute Gasteiger partial charge is 0.481 e. The number of hydrogen-bond donors (Lipinski definition) is 10. The van der Waals surface area contributed by atoms with Gasteiger partial charge in [-0.3, -0.25) is 52.8 Å². The van der Waals surface area contributed by atoms with Crippen LogP contribution in [-0.2, 0) is 83.0 Å². The van der Waals surface area contributed by atoms with E-state index in [1.54, 1.807) is 72.5 Å². The van der Waals surface area contributed by atoms with Crippen LogP contribution in [0.2, 0.25) is 0 Å². The lowest BCUT2D eigenvalue weighted by atomic mass is 9.79. The Labute approximate surface area is 606 Å². The molecule has 0 aliphatic carbocycles. The average Bonchev–Trinajstić information content (AvgIpc) is 1.04. The van der Waals surface area contributed by atoms with Crippen LogP contribution in [0.3, 0.4) is 0 Å². The molecule has 2 aromatic rings. The van der Waals surface area contributed by atoms with Crippen LogP contribution in [0, 0.1) is 47.3 Å². The van der Waals surface area contributed by atoms with E-state index in [1.807, 2.05) is 71.9 Å². The van der Waals surface area contributed by atoms with Gasteiger partial charge in [-0.05, 0) is 78.5 Å². The van der Waals surface area contributed by atoms with Gasteiger partial charge in [-0.15, -0.1) is 0 Å². The highest BCUT2D eigenvalue weighted by molar-refractivity contribution is 5.99. The van der Waals surface area contributed by atoms with Crippen molar-refractivity contribution in [1.29, 1.82) is 0 Å². The molecule has 0 spiro atoms. The molecular weight excluding hydrogens is 1340 g/mol. The van der Waals surface area contributed by atoms with Crippen molar-refractivity contribution >= 4 is 76.9 Å². The lowest BCUT2D eigenvalue weighted by Gasteiger charge is -2.43. The molecule has 30 heteroatoms. The number of carboxylic acids is 2. The molecule has 18 atom stereocenters. The van der Waals surface area contributed by atoms with E-state index in [0.717, 1.165) is 10.5 Å². The van der Waals surface area contributed by atoms with Crippen molar-refractivity contribution in [2.75, 3.05) is 59.9 Å². The number of methoxy groups -OCH3 is 2. The zero-order valence-corrected chi connectivity index (χ0v) is 62.7. The molecule has 2 aromatic carbocycles. The maximum absolute atomic E-state index is 14.9. The number of likely N-dealkylation sites (N-methyl/N-ethyl adjacent to an activating group) is 2. The van der Waals surface area contributed by atoms with Gasteiger partial charge in [0.1, 0.15) is 36.9 Å². The van der Waals surface area contributed by atoms with Crippen molar-refractivity contribution < 1.29 is 97.9 Å². The Balaban J connectivity index is 1.36. The Morgan fingerprint density at radius 3 is 1.90 bits per heavy atom. The first kappa shape index (κ1) is 85.3. The van der Waals surface area contributed by atoms with Crippen LogP contribution < -0.4 is 37.2 Å². The molecule has 2 heterocycles. The maximum Gasteiger partial charge on any atom is 0.410 e. The second-order valence-corrected chi connectivity index (χ2v) is 28.1. The fourth-order valence-corrected chi connectivity index (χ4v) is 13.0. The standard InChI is InChI=1S/C73H114N10O20/c1-18-42(8)62(53(99-16)35-57(88)83-34-22-25-52(83)63(100-17)46(12)66(91)76-47(13)65(49-23-20-19-21-24-49)103-72-45(11)43(9)44(10)64(102-72)71(96)97)81(14)70(95)60(40(4)5)80-69(94)61(41(6)7)82(15)73(98)101-38-48-26-28-50(29-27-48)77-67(92)51(37-84)78-68(93)59(39(2)3)79-55(86)32-33-74-56(87)36-75-54(85)30-31-58(89)90/h19-21,23-24,26-29,39-47,51-53,59-65,72,84H,18,22,25,30-38H2,1-17H3,(H,74,87)(H,75,85)(H,76,91)(H,77,92)(H,78,93)(H,79,86)(H,80,94)(H,89,90)(H,96,97)/t42-,43-,44-,45+,46+,47+,51?,52-,53+,59-,60?,61-,62-,63+,64-,65+,72-/m0/s1/i30T/t30?,42-,43-,44-,45+,46+,47+,51?,52-,53+,59-,60?,61-,62-,63+,64-,65+,72-. The smallest absolute Gasteiger partial charge is 0.410 e. The number of likely N-dealkylation sites (tertiary alicyclic amines) is 1.